The predicted molar refractivity (Wildman–Crippen MR) is 86.7 cm³/mol. The number of guanidine groups is 1. The summed E-state index contributed by atoms with van der Waals surface area (Å²) in [6, 6.07) is 0. The topological polar surface area (TPSA) is 89.1 Å². The summed E-state index contributed by atoms with van der Waals surface area (Å²) in [6.45, 7) is 4.91. The zero-order valence-electron chi connectivity index (χ0n) is 12.0. The van der Waals surface area contributed by atoms with Gasteiger partial charge < -0.3 is 11.5 Å². The molecule has 0 radical (unpaired) electrons. The first kappa shape index (κ1) is 14.7. The molecule has 0 amide bonds. The van der Waals surface area contributed by atoms with Gasteiger partial charge in [-0.1, -0.05) is 6.92 Å². The number of thiophene rings is 1. The van der Waals surface area contributed by atoms with Gasteiger partial charge in [-0.25, -0.2) is 4.99 Å². The molecule has 108 valence electrons. The van der Waals surface area contributed by atoms with E-state index in [1.54, 1.807) is 11.3 Å². The minimum absolute atomic E-state index is 0.208. The maximum absolute atomic E-state index is 5.81. The monoisotopic (exact) mass is 291 g/mol. The van der Waals surface area contributed by atoms with Crippen molar-refractivity contribution >= 4 is 29.0 Å². The van der Waals surface area contributed by atoms with E-state index >= 15 is 0 Å². The number of hydrogen-bond acceptors (Lipinski definition) is 5. The third-order valence-corrected chi connectivity index (χ3v) is 4.34. The standard InChI is InChI=1S/C14H21N5S/c1-9-3-4-12(18-14(16)19-13(9)15)17-6-5-11-8-20-7-10(11)2/h7-9H,3-6H2,1-2H3,(H4,15,16,17,18,19). The van der Waals surface area contributed by atoms with Gasteiger partial charge in [0.15, 0.2) is 0 Å². The molecule has 20 heavy (non-hydrogen) atoms. The molecule has 0 fully saturated rings. The Morgan fingerprint density at radius 1 is 1.35 bits per heavy atom. The molecular formula is C14H21N5S. The van der Waals surface area contributed by atoms with Crippen molar-refractivity contribution in [1.29, 1.82) is 0 Å². The van der Waals surface area contributed by atoms with Crippen LogP contribution in [0.3, 0.4) is 0 Å². The van der Waals surface area contributed by atoms with Crippen LogP contribution in [0.25, 0.3) is 0 Å². The summed E-state index contributed by atoms with van der Waals surface area (Å²) in [5.74, 6) is 1.76. The molecule has 4 N–H and O–H groups in total. The number of aryl methyl sites for hydroxylation is 1. The Morgan fingerprint density at radius 3 is 2.85 bits per heavy atom. The number of nitrogens with two attached hydrogens (primary N) is 2. The lowest BCUT2D eigenvalue weighted by Gasteiger charge is -2.13. The quantitative estimate of drug-likeness (QED) is 0.893. The molecule has 2 heterocycles. The Morgan fingerprint density at radius 2 is 2.15 bits per heavy atom. The molecule has 0 aromatic carbocycles. The fourth-order valence-corrected chi connectivity index (χ4v) is 2.90. The highest BCUT2D eigenvalue weighted by atomic mass is 32.1. The van der Waals surface area contributed by atoms with Crippen LogP contribution in [0.4, 0.5) is 0 Å². The fraction of sp³-hybridized carbons (Fsp3) is 0.500. The van der Waals surface area contributed by atoms with Crippen LogP contribution in [0.1, 0.15) is 30.9 Å². The van der Waals surface area contributed by atoms with Gasteiger partial charge in [-0.05, 0) is 41.7 Å². The van der Waals surface area contributed by atoms with Crippen LogP contribution in [-0.4, -0.2) is 24.2 Å². The third kappa shape index (κ3) is 3.90. The SMILES string of the molecule is Cc1cscc1CCN=C1CCC(C)C(N)=NC(N)=N1. The van der Waals surface area contributed by atoms with Gasteiger partial charge in [0.1, 0.15) is 11.7 Å². The molecule has 1 aromatic heterocycles. The Balaban J connectivity index is 2.02. The van der Waals surface area contributed by atoms with Gasteiger partial charge in [-0.3, -0.25) is 4.99 Å². The van der Waals surface area contributed by atoms with E-state index in [0.29, 0.717) is 5.84 Å². The Kier molecular flexibility index (Phi) is 4.89. The zero-order chi connectivity index (χ0) is 14.5. The van der Waals surface area contributed by atoms with E-state index in [1.165, 1.54) is 11.1 Å². The summed E-state index contributed by atoms with van der Waals surface area (Å²) in [6.07, 6.45) is 2.64. The van der Waals surface area contributed by atoms with Crippen LogP contribution in [0.15, 0.2) is 25.7 Å². The van der Waals surface area contributed by atoms with Crippen molar-refractivity contribution in [2.45, 2.75) is 33.1 Å². The highest BCUT2D eigenvalue weighted by Crippen LogP contribution is 2.15. The first-order valence-electron chi connectivity index (χ1n) is 6.79. The van der Waals surface area contributed by atoms with Gasteiger partial charge in [-0.15, -0.1) is 0 Å². The molecule has 0 aliphatic carbocycles. The summed E-state index contributed by atoms with van der Waals surface area (Å²) in [4.78, 5) is 12.9. The van der Waals surface area contributed by atoms with Crippen LogP contribution in [0, 0.1) is 12.8 Å². The first-order valence-corrected chi connectivity index (χ1v) is 7.73. The van der Waals surface area contributed by atoms with Crippen molar-refractivity contribution in [2.75, 3.05) is 6.54 Å². The van der Waals surface area contributed by atoms with Crippen LogP contribution < -0.4 is 11.5 Å². The van der Waals surface area contributed by atoms with E-state index < -0.39 is 0 Å². The lowest BCUT2D eigenvalue weighted by atomic mass is 10.0. The maximum atomic E-state index is 5.81. The molecule has 1 aliphatic heterocycles. The molecule has 0 spiro atoms. The second kappa shape index (κ2) is 6.65. The summed E-state index contributed by atoms with van der Waals surface area (Å²) in [5.41, 5.74) is 14.3. The highest BCUT2D eigenvalue weighted by Gasteiger charge is 2.13. The molecule has 1 unspecified atom stereocenters. The highest BCUT2D eigenvalue weighted by molar-refractivity contribution is 7.08. The summed E-state index contributed by atoms with van der Waals surface area (Å²) in [7, 11) is 0. The first-order chi connectivity index (χ1) is 9.56. The largest absolute Gasteiger partial charge is 0.387 e. The van der Waals surface area contributed by atoms with Gasteiger partial charge in [0.2, 0.25) is 5.96 Å². The second-order valence-corrected chi connectivity index (χ2v) is 5.82. The number of hydrogen-bond donors (Lipinski definition) is 2. The molecule has 0 bridgehead atoms. The lowest BCUT2D eigenvalue weighted by molar-refractivity contribution is 0.695. The zero-order valence-corrected chi connectivity index (χ0v) is 12.8. The summed E-state index contributed by atoms with van der Waals surface area (Å²) < 4.78 is 0. The molecule has 1 aromatic rings. The lowest BCUT2D eigenvalue weighted by Crippen LogP contribution is -2.28. The Bertz CT molecular complexity index is 556. The van der Waals surface area contributed by atoms with Crippen molar-refractivity contribution in [3.63, 3.8) is 0 Å². The average molecular weight is 291 g/mol. The van der Waals surface area contributed by atoms with Crippen molar-refractivity contribution in [3.8, 4) is 0 Å². The van der Waals surface area contributed by atoms with E-state index in [-0.39, 0.29) is 11.9 Å². The Labute approximate surface area is 123 Å². The van der Waals surface area contributed by atoms with Gasteiger partial charge in [0.25, 0.3) is 0 Å². The van der Waals surface area contributed by atoms with E-state index in [4.69, 9.17) is 11.5 Å². The van der Waals surface area contributed by atoms with E-state index in [1.807, 2.05) is 6.92 Å². The normalized spacial score (nSPS) is 22.1. The molecule has 1 atom stereocenters. The van der Waals surface area contributed by atoms with Crippen LogP contribution in [0.2, 0.25) is 0 Å². The second-order valence-electron chi connectivity index (χ2n) is 5.07. The van der Waals surface area contributed by atoms with Crippen LogP contribution in [0.5, 0.6) is 0 Å². The van der Waals surface area contributed by atoms with Gasteiger partial charge >= 0.3 is 0 Å². The minimum Gasteiger partial charge on any atom is -0.387 e. The number of aliphatic imine (C=N–C) groups is 3. The molecule has 0 saturated carbocycles. The molecule has 0 saturated heterocycles. The van der Waals surface area contributed by atoms with E-state index in [0.717, 1.165) is 31.6 Å². The van der Waals surface area contributed by atoms with Gasteiger partial charge in [-0.2, -0.15) is 16.3 Å². The van der Waals surface area contributed by atoms with Gasteiger partial charge in [0.05, 0.1) is 0 Å². The van der Waals surface area contributed by atoms with E-state index in [2.05, 4.69) is 32.7 Å². The molecule has 5 nitrogen and oxygen atoms in total. The average Bonchev–Trinajstić information content (AvgIpc) is 2.79. The van der Waals surface area contributed by atoms with E-state index in [9.17, 15) is 0 Å². The fourth-order valence-electron chi connectivity index (χ4n) is 2.01. The molecular weight excluding hydrogens is 270 g/mol. The predicted octanol–water partition coefficient (Wildman–Crippen LogP) is 2.10. The van der Waals surface area contributed by atoms with Crippen molar-refractivity contribution in [1.82, 2.24) is 0 Å². The maximum Gasteiger partial charge on any atom is 0.223 e. The van der Waals surface area contributed by atoms with Crippen molar-refractivity contribution in [3.05, 3.63) is 21.9 Å². The molecule has 6 heteroatoms. The summed E-state index contributed by atoms with van der Waals surface area (Å²) >= 11 is 1.73. The van der Waals surface area contributed by atoms with Crippen molar-refractivity contribution in [2.24, 2.45) is 32.4 Å². The third-order valence-electron chi connectivity index (χ3n) is 3.43. The van der Waals surface area contributed by atoms with Gasteiger partial charge in [0, 0.05) is 18.9 Å². The van der Waals surface area contributed by atoms with Crippen LogP contribution >= 0.6 is 11.3 Å². The molecule has 1 aliphatic rings. The Hall–Kier alpha value is -1.69. The number of rotatable bonds is 3. The smallest absolute Gasteiger partial charge is 0.223 e. The minimum atomic E-state index is 0.208. The number of nitrogens with zero attached hydrogens (tertiary/aromatic N) is 3. The van der Waals surface area contributed by atoms with Crippen LogP contribution in [-0.2, 0) is 6.42 Å². The molecule has 2 rings (SSSR count). The number of amidine groups is 2. The summed E-state index contributed by atoms with van der Waals surface area (Å²) in [5, 5.41) is 4.34. The van der Waals surface area contributed by atoms with Crippen molar-refractivity contribution < 1.29 is 0 Å².